The molecule has 1 atom stereocenters. The number of alkyl halides is 3. The molecule has 13 heteroatoms. The van der Waals surface area contributed by atoms with Crippen LogP contribution in [0.3, 0.4) is 0 Å². The lowest BCUT2D eigenvalue weighted by atomic mass is 9.96. The number of carbonyl (C=O) groups excluding carboxylic acids is 1. The molecule has 0 saturated carbocycles. The van der Waals surface area contributed by atoms with Gasteiger partial charge in [-0.2, -0.15) is 31.5 Å². The normalized spacial score (nSPS) is 14.7. The van der Waals surface area contributed by atoms with E-state index in [1.165, 1.54) is 19.2 Å². The Kier molecular flexibility index (Phi) is 7.46. The van der Waals surface area contributed by atoms with Crippen molar-refractivity contribution in [1.29, 1.82) is 0 Å². The van der Waals surface area contributed by atoms with Gasteiger partial charge in [-0.1, -0.05) is 11.6 Å². The first kappa shape index (κ1) is 23.0. The second-order valence-corrected chi connectivity index (χ2v) is 7.70. The van der Waals surface area contributed by atoms with Gasteiger partial charge in [0.05, 0.1) is 4.90 Å². The summed E-state index contributed by atoms with van der Waals surface area (Å²) in [6, 6.07) is 4.75. The van der Waals surface area contributed by atoms with Crippen molar-refractivity contribution in [2.45, 2.75) is 36.4 Å². The molecular weight excluding hydrogens is 413 g/mol. The van der Waals surface area contributed by atoms with Gasteiger partial charge in [0.25, 0.3) is 10.0 Å². The fourth-order valence-electron chi connectivity index (χ4n) is 1.98. The first-order valence-corrected chi connectivity index (χ1v) is 9.19. The van der Waals surface area contributed by atoms with E-state index in [1.54, 1.807) is 0 Å². The highest BCUT2D eigenvalue weighted by molar-refractivity contribution is 7.89. The molecule has 1 aromatic rings. The van der Waals surface area contributed by atoms with Crippen LogP contribution in [0.4, 0.5) is 13.2 Å². The third-order valence-corrected chi connectivity index (χ3v) is 5.58. The van der Waals surface area contributed by atoms with Crippen LogP contribution in [0.5, 0.6) is 0 Å². The Hall–Kier alpha value is -2.05. The van der Waals surface area contributed by atoms with Gasteiger partial charge in [-0.3, -0.25) is 4.79 Å². The second-order valence-electron chi connectivity index (χ2n) is 5.50. The van der Waals surface area contributed by atoms with Gasteiger partial charge < -0.3 is 10.6 Å². The summed E-state index contributed by atoms with van der Waals surface area (Å²) in [5.41, 5.74) is 5.10. The van der Waals surface area contributed by atoms with E-state index in [2.05, 4.69) is 15.4 Å². The minimum Gasteiger partial charge on any atom is -0.395 e. The number of hydrazone groups is 1. The van der Waals surface area contributed by atoms with Crippen molar-refractivity contribution >= 4 is 33.9 Å². The lowest BCUT2D eigenvalue weighted by Crippen LogP contribution is -2.55. The van der Waals surface area contributed by atoms with Crippen molar-refractivity contribution in [3.63, 3.8) is 0 Å². The van der Waals surface area contributed by atoms with Gasteiger partial charge in [0.15, 0.2) is 5.54 Å². The van der Waals surface area contributed by atoms with Crippen LogP contribution in [-0.2, 0) is 19.7 Å². The Morgan fingerprint density at radius 3 is 2.33 bits per heavy atom. The Morgan fingerprint density at radius 1 is 1.33 bits per heavy atom. The Morgan fingerprint density at radius 2 is 1.89 bits per heavy atom. The zero-order valence-electron chi connectivity index (χ0n) is 14.3. The van der Waals surface area contributed by atoms with Crippen LogP contribution in [0.1, 0.15) is 19.8 Å². The van der Waals surface area contributed by atoms with Gasteiger partial charge in [0.2, 0.25) is 12.3 Å². The molecule has 1 aromatic carbocycles. The molecular formula is C14H18ClF3N4O4S. The molecule has 3 N–H and O–H groups in total. The van der Waals surface area contributed by atoms with E-state index in [0.717, 1.165) is 19.1 Å². The number of nitrogens with zero attached hydrogens (tertiary/aromatic N) is 2. The van der Waals surface area contributed by atoms with E-state index in [0.29, 0.717) is 6.40 Å². The molecule has 0 radical (unpaired) electrons. The summed E-state index contributed by atoms with van der Waals surface area (Å²) in [6.07, 6.45) is -6.43. The molecule has 0 saturated heterocycles. The predicted octanol–water partition coefficient (Wildman–Crippen LogP) is 2.01. The molecule has 1 unspecified atom stereocenters. The van der Waals surface area contributed by atoms with E-state index in [1.807, 2.05) is 0 Å². The molecule has 1 amide bonds. The fraction of sp³-hybridized carbons (Fsp3) is 0.429. The van der Waals surface area contributed by atoms with Gasteiger partial charge in [0.1, 0.15) is 0 Å². The molecule has 0 fully saturated rings. The van der Waals surface area contributed by atoms with Gasteiger partial charge >= 0.3 is 6.18 Å². The summed E-state index contributed by atoms with van der Waals surface area (Å²) < 4.78 is 64.1. The number of hydrogen-bond donors (Lipinski definition) is 2. The van der Waals surface area contributed by atoms with Gasteiger partial charge in [-0.05, 0) is 37.6 Å². The zero-order chi connectivity index (χ0) is 20.9. The lowest BCUT2D eigenvalue weighted by molar-refractivity contribution is -0.145. The maximum atomic E-state index is 12.9. The smallest absolute Gasteiger partial charge is 0.389 e. The topological polar surface area (TPSA) is 114 Å². The summed E-state index contributed by atoms with van der Waals surface area (Å²) in [5.74, 6) is -1.31. The number of primary amides is 1. The lowest BCUT2D eigenvalue weighted by Gasteiger charge is -2.35. The number of halogens is 4. The van der Waals surface area contributed by atoms with Crippen molar-refractivity contribution in [2.75, 3.05) is 7.05 Å². The summed E-state index contributed by atoms with van der Waals surface area (Å²) in [4.78, 5) is 16.2. The summed E-state index contributed by atoms with van der Waals surface area (Å²) in [7, 11) is -3.23. The molecule has 8 nitrogen and oxygen atoms in total. The molecule has 0 bridgehead atoms. The first-order chi connectivity index (χ1) is 12.3. The van der Waals surface area contributed by atoms with Crippen LogP contribution in [0, 0.1) is 0 Å². The quantitative estimate of drug-likeness (QED) is 0.353. The summed E-state index contributed by atoms with van der Waals surface area (Å²) >= 11 is 5.72. The van der Waals surface area contributed by atoms with Crippen LogP contribution in [-0.4, -0.2) is 43.9 Å². The van der Waals surface area contributed by atoms with Crippen LogP contribution in [0.2, 0.25) is 5.02 Å². The monoisotopic (exact) mass is 430 g/mol. The number of nitrogens with one attached hydrogen (secondary N) is 1. The van der Waals surface area contributed by atoms with Crippen LogP contribution >= 0.6 is 11.6 Å². The maximum Gasteiger partial charge on any atom is 0.389 e. The molecule has 0 spiro atoms. The number of carbonyl (C=O) groups is 1. The summed E-state index contributed by atoms with van der Waals surface area (Å²) in [6.45, 7) is 0.950. The second kappa shape index (κ2) is 8.76. The number of hydrogen-bond acceptors (Lipinski definition) is 6. The predicted molar refractivity (Wildman–Crippen MR) is 92.0 cm³/mol. The van der Waals surface area contributed by atoms with Crippen LogP contribution < -0.4 is 11.2 Å². The number of hydroxylamine groups is 1. The zero-order valence-corrected chi connectivity index (χ0v) is 15.9. The largest absolute Gasteiger partial charge is 0.395 e. The third-order valence-electron chi connectivity index (χ3n) is 3.51. The van der Waals surface area contributed by atoms with Crippen LogP contribution in [0.25, 0.3) is 0 Å². The van der Waals surface area contributed by atoms with Crippen molar-refractivity contribution in [3.05, 3.63) is 29.3 Å². The van der Waals surface area contributed by atoms with Crippen molar-refractivity contribution < 1.29 is 31.2 Å². The number of benzene rings is 1. The highest BCUT2D eigenvalue weighted by Crippen LogP contribution is 2.33. The van der Waals surface area contributed by atoms with Gasteiger partial charge in [0, 0.05) is 18.5 Å². The first-order valence-electron chi connectivity index (χ1n) is 7.37. The van der Waals surface area contributed by atoms with Gasteiger partial charge in [-0.25, -0.2) is 0 Å². The van der Waals surface area contributed by atoms with Crippen LogP contribution in [0.15, 0.2) is 34.3 Å². The summed E-state index contributed by atoms with van der Waals surface area (Å²) in [5, 5.41) is 3.75. The molecule has 0 aliphatic heterocycles. The Labute approximate surface area is 159 Å². The Balaban J connectivity index is 3.47. The standard InChI is InChI=1S/C14H18ClF3N4O4S/c1-13(12(19)23,7-8-14(16,17)18)22(21-9-26-20-2)27(24,25)11-5-3-10(15)4-6-11/h3-6,9,20H,7-8H2,1-2H3,(H2,19,23)/b21-9-. The highest BCUT2D eigenvalue weighted by Gasteiger charge is 2.47. The molecule has 0 aliphatic carbocycles. The molecule has 1 rings (SSSR count). The molecule has 152 valence electrons. The van der Waals surface area contributed by atoms with E-state index < -0.39 is 40.5 Å². The van der Waals surface area contributed by atoms with E-state index in [-0.39, 0.29) is 14.3 Å². The highest BCUT2D eigenvalue weighted by atomic mass is 35.5. The third kappa shape index (κ3) is 5.97. The van der Waals surface area contributed by atoms with Crippen molar-refractivity contribution in [2.24, 2.45) is 10.8 Å². The maximum absolute atomic E-state index is 12.9. The van der Waals surface area contributed by atoms with Crippen molar-refractivity contribution in [3.8, 4) is 0 Å². The number of sulfonamides is 1. The average molecular weight is 431 g/mol. The Bertz CT molecular complexity index is 787. The van der Waals surface area contributed by atoms with E-state index in [4.69, 9.17) is 17.3 Å². The van der Waals surface area contributed by atoms with E-state index >= 15 is 0 Å². The fourth-order valence-corrected chi connectivity index (χ4v) is 3.66. The number of nitrogens with two attached hydrogens (primary N) is 1. The minimum absolute atomic E-state index is 0.203. The SMILES string of the molecule is CNO/C=N\N(C(C)(CCC(F)(F)F)C(N)=O)S(=O)(=O)c1ccc(Cl)cc1. The molecule has 0 heterocycles. The molecule has 27 heavy (non-hydrogen) atoms. The van der Waals surface area contributed by atoms with Crippen molar-refractivity contribution in [1.82, 2.24) is 9.89 Å². The van der Waals surface area contributed by atoms with Gasteiger partial charge in [-0.15, -0.1) is 5.10 Å². The number of amides is 1. The number of rotatable bonds is 9. The average Bonchev–Trinajstić information content (AvgIpc) is 2.56. The molecule has 0 aromatic heterocycles. The molecule has 0 aliphatic rings. The minimum atomic E-state index is -4.64. The van der Waals surface area contributed by atoms with E-state index in [9.17, 15) is 26.4 Å².